The van der Waals surface area contributed by atoms with Gasteiger partial charge in [-0.2, -0.15) is 0 Å². The Balaban J connectivity index is 1.77. The van der Waals surface area contributed by atoms with Crippen LogP contribution in [0.1, 0.15) is 12.8 Å². The second-order valence-electron chi connectivity index (χ2n) is 5.38. The van der Waals surface area contributed by atoms with Gasteiger partial charge < -0.3 is 20.1 Å². The predicted octanol–water partition coefficient (Wildman–Crippen LogP) is 1.20. The van der Waals surface area contributed by atoms with Gasteiger partial charge in [-0.25, -0.2) is 0 Å². The van der Waals surface area contributed by atoms with E-state index in [1.165, 1.54) is 0 Å². The van der Waals surface area contributed by atoms with Crippen molar-refractivity contribution in [3.63, 3.8) is 0 Å². The number of amides is 1. The highest BCUT2D eigenvalue weighted by Gasteiger charge is 2.39. The minimum atomic E-state index is -0.396. The molecule has 5 heteroatoms. The van der Waals surface area contributed by atoms with Crippen LogP contribution in [0.3, 0.4) is 0 Å². The zero-order valence-corrected chi connectivity index (χ0v) is 12.6. The quantitative estimate of drug-likeness (QED) is 0.741. The number of carbonyl (C=O) groups excluding carboxylic acids is 1. The number of carbonyl (C=O) groups is 1. The van der Waals surface area contributed by atoms with Crippen LogP contribution in [0.4, 0.5) is 0 Å². The Bertz CT molecular complexity index is 425. The highest BCUT2D eigenvalue weighted by molar-refractivity contribution is 5.83. The van der Waals surface area contributed by atoms with Crippen molar-refractivity contribution < 1.29 is 14.3 Å². The number of piperidine rings is 1. The van der Waals surface area contributed by atoms with E-state index >= 15 is 0 Å². The van der Waals surface area contributed by atoms with Gasteiger partial charge in [0, 0.05) is 7.11 Å². The van der Waals surface area contributed by atoms with E-state index in [9.17, 15) is 4.79 Å². The monoisotopic (exact) mass is 292 g/mol. The molecule has 21 heavy (non-hydrogen) atoms. The topological polar surface area (TPSA) is 59.6 Å². The molecule has 1 saturated heterocycles. The second-order valence-corrected chi connectivity index (χ2v) is 5.38. The Hall–Kier alpha value is -1.59. The molecule has 1 fully saturated rings. The predicted molar refractivity (Wildman–Crippen MR) is 81.4 cm³/mol. The number of rotatable bonds is 7. The number of methoxy groups -OCH3 is 1. The van der Waals surface area contributed by atoms with Crippen LogP contribution in [0.2, 0.25) is 0 Å². The summed E-state index contributed by atoms with van der Waals surface area (Å²) in [6.07, 6.45) is 1.62. The van der Waals surface area contributed by atoms with Crippen molar-refractivity contribution in [3.05, 3.63) is 30.3 Å². The highest BCUT2D eigenvalue weighted by Crippen LogP contribution is 2.29. The summed E-state index contributed by atoms with van der Waals surface area (Å²) in [6.45, 7) is 3.17. The summed E-state index contributed by atoms with van der Waals surface area (Å²) in [4.78, 5) is 12.4. The van der Waals surface area contributed by atoms with E-state index in [4.69, 9.17) is 9.47 Å². The first-order valence-corrected chi connectivity index (χ1v) is 7.43. The number of benzene rings is 1. The molecule has 0 bridgehead atoms. The molecule has 0 aliphatic carbocycles. The van der Waals surface area contributed by atoms with Crippen LogP contribution in [-0.2, 0) is 9.53 Å². The van der Waals surface area contributed by atoms with Gasteiger partial charge in [-0.1, -0.05) is 18.2 Å². The first-order chi connectivity index (χ1) is 10.3. The molecule has 2 N–H and O–H groups in total. The smallest absolute Gasteiger partial charge is 0.228 e. The second kappa shape index (κ2) is 8.00. The van der Waals surface area contributed by atoms with E-state index in [1.54, 1.807) is 7.11 Å². The third-order valence-corrected chi connectivity index (χ3v) is 3.86. The summed E-state index contributed by atoms with van der Waals surface area (Å²) >= 11 is 0. The molecular weight excluding hydrogens is 268 g/mol. The molecule has 0 spiro atoms. The van der Waals surface area contributed by atoms with Crippen LogP contribution >= 0.6 is 0 Å². The third kappa shape index (κ3) is 4.44. The maximum Gasteiger partial charge on any atom is 0.228 e. The largest absolute Gasteiger partial charge is 0.492 e. The van der Waals surface area contributed by atoms with E-state index in [-0.39, 0.29) is 5.91 Å². The third-order valence-electron chi connectivity index (χ3n) is 3.86. The van der Waals surface area contributed by atoms with Crippen LogP contribution in [0.25, 0.3) is 0 Å². The molecule has 1 aliphatic heterocycles. The molecule has 2 rings (SSSR count). The van der Waals surface area contributed by atoms with E-state index in [1.807, 2.05) is 30.3 Å². The Morgan fingerprint density at radius 1 is 1.29 bits per heavy atom. The van der Waals surface area contributed by atoms with Gasteiger partial charge in [-0.15, -0.1) is 0 Å². The number of hydrogen-bond donors (Lipinski definition) is 2. The minimum absolute atomic E-state index is 0.0718. The molecular formula is C16H24N2O3. The van der Waals surface area contributed by atoms with E-state index in [0.717, 1.165) is 31.7 Å². The Morgan fingerprint density at radius 3 is 2.67 bits per heavy atom. The molecule has 1 aromatic carbocycles. The molecule has 0 unspecified atom stereocenters. The standard InChI is InChI=1S/C16H24N2O3/c1-20-13-16(7-9-17-10-8-16)15(19)18-11-12-21-14-5-3-2-4-6-14/h2-6,17H,7-13H2,1H3,(H,18,19). The number of ether oxygens (including phenoxy) is 2. The van der Waals surface area contributed by atoms with Crippen molar-refractivity contribution >= 4 is 5.91 Å². The fraction of sp³-hybridized carbons (Fsp3) is 0.562. The molecule has 116 valence electrons. The molecule has 0 radical (unpaired) electrons. The van der Waals surface area contributed by atoms with Crippen molar-refractivity contribution in [1.29, 1.82) is 0 Å². The average molecular weight is 292 g/mol. The van der Waals surface area contributed by atoms with E-state index < -0.39 is 5.41 Å². The van der Waals surface area contributed by atoms with E-state index in [2.05, 4.69) is 10.6 Å². The number of para-hydroxylation sites is 1. The molecule has 5 nitrogen and oxygen atoms in total. The van der Waals surface area contributed by atoms with Gasteiger partial charge in [0.1, 0.15) is 12.4 Å². The van der Waals surface area contributed by atoms with Crippen molar-refractivity contribution in [3.8, 4) is 5.75 Å². The van der Waals surface area contributed by atoms with Gasteiger partial charge in [0.25, 0.3) is 0 Å². The van der Waals surface area contributed by atoms with Gasteiger partial charge in [0.05, 0.1) is 18.6 Å². The lowest BCUT2D eigenvalue weighted by molar-refractivity contribution is -0.136. The van der Waals surface area contributed by atoms with Crippen molar-refractivity contribution in [2.75, 3.05) is 40.0 Å². The van der Waals surface area contributed by atoms with Gasteiger partial charge in [-0.3, -0.25) is 4.79 Å². The summed E-state index contributed by atoms with van der Waals surface area (Å²) in [5, 5.41) is 6.26. The summed E-state index contributed by atoms with van der Waals surface area (Å²) in [6, 6.07) is 9.61. The first kappa shape index (κ1) is 15.8. The maximum absolute atomic E-state index is 12.4. The highest BCUT2D eigenvalue weighted by atomic mass is 16.5. The van der Waals surface area contributed by atoms with Crippen LogP contribution in [0.15, 0.2) is 30.3 Å². The molecule has 0 saturated carbocycles. The van der Waals surface area contributed by atoms with Crippen LogP contribution in [0.5, 0.6) is 5.75 Å². The average Bonchev–Trinajstić information content (AvgIpc) is 2.53. The van der Waals surface area contributed by atoms with Crippen molar-refractivity contribution in [1.82, 2.24) is 10.6 Å². The molecule has 0 atom stereocenters. The fourth-order valence-electron chi connectivity index (χ4n) is 2.66. The van der Waals surface area contributed by atoms with Crippen LogP contribution in [-0.4, -0.2) is 45.9 Å². The minimum Gasteiger partial charge on any atom is -0.492 e. The van der Waals surface area contributed by atoms with Crippen molar-refractivity contribution in [2.24, 2.45) is 5.41 Å². The lowest BCUT2D eigenvalue weighted by atomic mass is 9.78. The zero-order valence-electron chi connectivity index (χ0n) is 12.6. The molecule has 1 aromatic rings. The molecule has 0 aromatic heterocycles. The summed E-state index contributed by atoms with van der Waals surface area (Å²) in [5.74, 6) is 0.891. The summed E-state index contributed by atoms with van der Waals surface area (Å²) in [5.41, 5.74) is -0.396. The Morgan fingerprint density at radius 2 is 2.00 bits per heavy atom. The van der Waals surface area contributed by atoms with Crippen molar-refractivity contribution in [2.45, 2.75) is 12.8 Å². The lowest BCUT2D eigenvalue weighted by Crippen LogP contribution is -2.50. The number of hydrogen-bond acceptors (Lipinski definition) is 4. The van der Waals surface area contributed by atoms with Gasteiger partial charge in [0.2, 0.25) is 5.91 Å². The summed E-state index contributed by atoms with van der Waals surface area (Å²) < 4.78 is 10.8. The Kier molecular flexibility index (Phi) is 6.02. The zero-order chi connectivity index (χ0) is 15.0. The molecule has 1 heterocycles. The summed E-state index contributed by atoms with van der Waals surface area (Å²) in [7, 11) is 1.65. The van der Waals surface area contributed by atoms with Gasteiger partial charge in [-0.05, 0) is 38.1 Å². The fourth-order valence-corrected chi connectivity index (χ4v) is 2.66. The molecule has 1 aliphatic rings. The van der Waals surface area contributed by atoms with Crippen LogP contribution < -0.4 is 15.4 Å². The normalized spacial score (nSPS) is 17.2. The first-order valence-electron chi connectivity index (χ1n) is 7.43. The van der Waals surface area contributed by atoms with Gasteiger partial charge in [0.15, 0.2) is 0 Å². The maximum atomic E-state index is 12.4. The van der Waals surface area contributed by atoms with Gasteiger partial charge >= 0.3 is 0 Å². The van der Waals surface area contributed by atoms with E-state index in [0.29, 0.717) is 19.8 Å². The lowest BCUT2D eigenvalue weighted by Gasteiger charge is -2.35. The van der Waals surface area contributed by atoms with Crippen LogP contribution in [0, 0.1) is 5.41 Å². The SMILES string of the molecule is COCC1(C(=O)NCCOc2ccccc2)CCNCC1. The Labute approximate surface area is 126 Å². The molecule has 1 amide bonds. The number of nitrogens with one attached hydrogen (secondary N) is 2.